The molecular weight excluding hydrogens is 432 g/mol. The molecular formula is C22H30N4O5S. The van der Waals surface area contributed by atoms with Crippen LogP contribution in [0.2, 0.25) is 0 Å². The number of hydrogen-bond acceptors (Lipinski definition) is 8. The third-order valence-electron chi connectivity index (χ3n) is 6.16. The first-order chi connectivity index (χ1) is 15.4. The first-order valence-electron chi connectivity index (χ1n) is 10.8. The van der Waals surface area contributed by atoms with Gasteiger partial charge in [0.1, 0.15) is 18.0 Å². The van der Waals surface area contributed by atoms with Gasteiger partial charge < -0.3 is 19.8 Å². The third-order valence-corrected chi connectivity index (χ3v) is 7.60. The molecule has 32 heavy (non-hydrogen) atoms. The standard InChI is InChI=1S/C22H30N4O5S/c1-16-5-7-17(8-6-16)32(29,30)24-14-18-21(22(28)19(15-27)31-18)26-12-10-25(11-13-26)20-4-2-3-9-23-20/h2-9,18-19,21-22,24,27-28H,10-15H2,1H3/t18-,19+,21+,22-/m1/s1. The van der Waals surface area contributed by atoms with Crippen molar-refractivity contribution in [2.75, 3.05) is 44.2 Å². The van der Waals surface area contributed by atoms with Crippen LogP contribution in [0, 0.1) is 6.92 Å². The maximum Gasteiger partial charge on any atom is 0.240 e. The van der Waals surface area contributed by atoms with Crippen LogP contribution in [0.3, 0.4) is 0 Å². The Kier molecular flexibility index (Phi) is 7.08. The quantitative estimate of drug-likeness (QED) is 0.526. The Bertz CT molecular complexity index is 981. The molecule has 0 amide bonds. The fraction of sp³-hybridized carbons (Fsp3) is 0.500. The van der Waals surface area contributed by atoms with Gasteiger partial charge in [0.15, 0.2) is 0 Å². The fourth-order valence-electron chi connectivity index (χ4n) is 4.38. The maximum absolute atomic E-state index is 12.7. The van der Waals surface area contributed by atoms with Crippen LogP contribution in [-0.2, 0) is 14.8 Å². The first-order valence-corrected chi connectivity index (χ1v) is 12.3. The molecule has 2 saturated heterocycles. The zero-order valence-corrected chi connectivity index (χ0v) is 18.9. The SMILES string of the molecule is Cc1ccc(S(=O)(=O)NC[C@H]2O[C@@H](CO)[C@@H](O)[C@H]2N2CCN(c3ccccn3)CC2)cc1. The van der Waals surface area contributed by atoms with Gasteiger partial charge in [0.25, 0.3) is 0 Å². The molecule has 3 heterocycles. The largest absolute Gasteiger partial charge is 0.394 e. The van der Waals surface area contributed by atoms with Crippen molar-refractivity contribution in [2.45, 2.75) is 36.2 Å². The summed E-state index contributed by atoms with van der Waals surface area (Å²) in [5.41, 5.74) is 0.974. The highest BCUT2D eigenvalue weighted by Crippen LogP contribution is 2.27. The van der Waals surface area contributed by atoms with Crippen molar-refractivity contribution in [1.82, 2.24) is 14.6 Å². The van der Waals surface area contributed by atoms with Crippen LogP contribution in [0.15, 0.2) is 53.6 Å². The van der Waals surface area contributed by atoms with Crippen molar-refractivity contribution in [1.29, 1.82) is 0 Å². The van der Waals surface area contributed by atoms with E-state index in [1.807, 2.05) is 25.1 Å². The molecule has 2 aliphatic rings. The molecule has 2 aromatic rings. The molecule has 3 N–H and O–H groups in total. The minimum absolute atomic E-state index is 0.00882. The fourth-order valence-corrected chi connectivity index (χ4v) is 5.42. The van der Waals surface area contributed by atoms with Gasteiger partial charge in [0, 0.05) is 38.9 Å². The van der Waals surface area contributed by atoms with E-state index < -0.39 is 34.4 Å². The van der Waals surface area contributed by atoms with Crippen molar-refractivity contribution in [3.05, 3.63) is 54.2 Å². The molecule has 0 aliphatic carbocycles. The van der Waals surface area contributed by atoms with Gasteiger partial charge in [-0.25, -0.2) is 18.1 Å². The van der Waals surface area contributed by atoms with E-state index in [2.05, 4.69) is 19.5 Å². The first kappa shape index (κ1) is 23.1. The summed E-state index contributed by atoms with van der Waals surface area (Å²) in [5, 5.41) is 20.4. The predicted molar refractivity (Wildman–Crippen MR) is 120 cm³/mol. The monoisotopic (exact) mass is 462 g/mol. The zero-order valence-electron chi connectivity index (χ0n) is 18.0. The lowest BCUT2D eigenvalue weighted by Gasteiger charge is -2.40. The normalized spacial score (nSPS) is 27.0. The molecule has 4 atom stereocenters. The number of nitrogens with zero attached hydrogens (tertiary/aromatic N) is 3. The lowest BCUT2D eigenvalue weighted by Crippen LogP contribution is -2.57. The number of sulfonamides is 1. The molecule has 0 spiro atoms. The number of anilines is 1. The van der Waals surface area contributed by atoms with E-state index in [0.717, 1.165) is 24.5 Å². The van der Waals surface area contributed by atoms with E-state index in [1.165, 1.54) is 0 Å². The van der Waals surface area contributed by atoms with Crippen LogP contribution in [0.5, 0.6) is 0 Å². The second kappa shape index (κ2) is 9.82. The number of aromatic nitrogens is 1. The van der Waals surface area contributed by atoms with Gasteiger partial charge in [-0.15, -0.1) is 0 Å². The topological polar surface area (TPSA) is 115 Å². The van der Waals surface area contributed by atoms with E-state index in [4.69, 9.17) is 4.74 Å². The van der Waals surface area contributed by atoms with Crippen molar-refractivity contribution < 1.29 is 23.4 Å². The number of hydrogen-bond donors (Lipinski definition) is 3. The van der Waals surface area contributed by atoms with Gasteiger partial charge in [-0.2, -0.15) is 0 Å². The van der Waals surface area contributed by atoms with E-state index >= 15 is 0 Å². The smallest absolute Gasteiger partial charge is 0.240 e. The highest BCUT2D eigenvalue weighted by Gasteiger charge is 2.47. The highest BCUT2D eigenvalue weighted by molar-refractivity contribution is 7.89. The Morgan fingerprint density at radius 2 is 1.81 bits per heavy atom. The summed E-state index contributed by atoms with van der Waals surface area (Å²) in [4.78, 5) is 8.87. The number of nitrogens with one attached hydrogen (secondary N) is 1. The van der Waals surface area contributed by atoms with E-state index in [0.29, 0.717) is 13.1 Å². The number of piperazine rings is 1. The van der Waals surface area contributed by atoms with Gasteiger partial charge in [-0.1, -0.05) is 23.8 Å². The van der Waals surface area contributed by atoms with Gasteiger partial charge in [0.05, 0.1) is 23.6 Å². The lowest BCUT2D eigenvalue weighted by molar-refractivity contribution is -0.0201. The molecule has 0 bridgehead atoms. The molecule has 0 radical (unpaired) electrons. The van der Waals surface area contributed by atoms with Crippen LogP contribution >= 0.6 is 0 Å². The summed E-state index contributed by atoms with van der Waals surface area (Å²) in [5.74, 6) is 0.908. The van der Waals surface area contributed by atoms with Gasteiger partial charge >= 0.3 is 0 Å². The summed E-state index contributed by atoms with van der Waals surface area (Å²) in [6, 6.07) is 12.0. The molecule has 0 saturated carbocycles. The molecule has 1 aromatic carbocycles. The minimum Gasteiger partial charge on any atom is -0.394 e. The van der Waals surface area contributed by atoms with Crippen LogP contribution in [-0.4, -0.2) is 92.2 Å². The molecule has 174 valence electrons. The third kappa shape index (κ3) is 4.95. The van der Waals surface area contributed by atoms with E-state index in [1.54, 1.807) is 30.5 Å². The summed E-state index contributed by atoms with van der Waals surface area (Å²) in [7, 11) is -3.71. The van der Waals surface area contributed by atoms with Crippen LogP contribution in [0.25, 0.3) is 0 Å². The molecule has 2 fully saturated rings. The molecule has 10 heteroatoms. The van der Waals surface area contributed by atoms with Gasteiger partial charge in [-0.3, -0.25) is 4.90 Å². The summed E-state index contributed by atoms with van der Waals surface area (Å²) in [6.45, 7) is 4.37. The van der Waals surface area contributed by atoms with Crippen LogP contribution in [0.1, 0.15) is 5.56 Å². The molecule has 1 aromatic heterocycles. The Morgan fingerprint density at radius 1 is 1.09 bits per heavy atom. The summed E-state index contributed by atoms with van der Waals surface area (Å²) >= 11 is 0. The molecule has 9 nitrogen and oxygen atoms in total. The van der Waals surface area contributed by atoms with Crippen LogP contribution < -0.4 is 9.62 Å². The highest BCUT2D eigenvalue weighted by atomic mass is 32.2. The summed E-state index contributed by atoms with van der Waals surface area (Å²) < 4.78 is 33.9. The van der Waals surface area contributed by atoms with Crippen molar-refractivity contribution >= 4 is 15.8 Å². The van der Waals surface area contributed by atoms with Gasteiger partial charge in [0.2, 0.25) is 10.0 Å². The Labute approximate surface area is 188 Å². The van der Waals surface area contributed by atoms with Crippen LogP contribution in [0.4, 0.5) is 5.82 Å². The average Bonchev–Trinajstić information content (AvgIpc) is 3.14. The Balaban J connectivity index is 1.42. The van der Waals surface area contributed by atoms with Crippen molar-refractivity contribution in [3.63, 3.8) is 0 Å². The number of aryl methyl sites for hydroxylation is 1. The molecule has 2 aliphatic heterocycles. The van der Waals surface area contributed by atoms with E-state index in [9.17, 15) is 18.6 Å². The summed E-state index contributed by atoms with van der Waals surface area (Å²) in [6.07, 6.45) is -0.472. The number of pyridine rings is 1. The van der Waals surface area contributed by atoms with Crippen molar-refractivity contribution in [3.8, 4) is 0 Å². The number of benzene rings is 1. The molecule has 4 rings (SSSR count). The van der Waals surface area contributed by atoms with Crippen molar-refractivity contribution in [2.24, 2.45) is 0 Å². The maximum atomic E-state index is 12.7. The molecule has 0 unspecified atom stereocenters. The Hall–Kier alpha value is -2.08. The second-order valence-corrected chi connectivity index (χ2v) is 10.0. The second-order valence-electron chi connectivity index (χ2n) is 8.25. The Morgan fingerprint density at radius 3 is 2.44 bits per heavy atom. The predicted octanol–water partition coefficient (Wildman–Crippen LogP) is -0.0203. The van der Waals surface area contributed by atoms with E-state index in [-0.39, 0.29) is 18.0 Å². The number of aliphatic hydroxyl groups excluding tert-OH is 2. The minimum atomic E-state index is -3.71. The zero-order chi connectivity index (χ0) is 22.7. The lowest BCUT2D eigenvalue weighted by atomic mass is 10.0. The number of ether oxygens (including phenoxy) is 1. The van der Waals surface area contributed by atoms with Gasteiger partial charge in [-0.05, 0) is 31.2 Å². The number of aliphatic hydroxyl groups is 2. The number of rotatable bonds is 7. The average molecular weight is 463 g/mol.